The van der Waals surface area contributed by atoms with Gasteiger partial charge in [0.1, 0.15) is 18.3 Å². The Morgan fingerprint density at radius 2 is 1.94 bits per heavy atom. The molecule has 2 rings (SSSR count). The van der Waals surface area contributed by atoms with Gasteiger partial charge in [0.2, 0.25) is 0 Å². The van der Waals surface area contributed by atoms with Crippen molar-refractivity contribution in [3.8, 4) is 0 Å². The zero-order chi connectivity index (χ0) is 11.9. The zero-order valence-corrected chi connectivity index (χ0v) is 10.2. The first kappa shape index (κ1) is 12.3. The van der Waals surface area contributed by atoms with Crippen LogP contribution in [0, 0.1) is 0 Å². The fraction of sp³-hybridized carbons (Fsp3) is 1.00. The standard InChI is InChI=1S/C11H20O5/c1-5-13-10-9-8(7(14-10)6(2)12)15-11(3,4)16-9/h6-10,12H,5H2,1-4H3/t6-,7+,8+,9+,10+/m0/s1. The topological polar surface area (TPSA) is 57.2 Å². The number of hydrogen-bond acceptors (Lipinski definition) is 5. The van der Waals surface area contributed by atoms with Crippen molar-refractivity contribution in [3.05, 3.63) is 0 Å². The van der Waals surface area contributed by atoms with E-state index < -0.39 is 18.2 Å². The van der Waals surface area contributed by atoms with Crippen LogP contribution in [0.1, 0.15) is 27.7 Å². The molecule has 0 radical (unpaired) electrons. The van der Waals surface area contributed by atoms with E-state index in [1.165, 1.54) is 0 Å². The molecular formula is C11H20O5. The van der Waals surface area contributed by atoms with E-state index in [2.05, 4.69) is 0 Å². The number of ether oxygens (including phenoxy) is 4. The number of fused-ring (bicyclic) bond motifs is 1. The minimum absolute atomic E-state index is 0.255. The van der Waals surface area contributed by atoms with E-state index in [4.69, 9.17) is 18.9 Å². The summed E-state index contributed by atoms with van der Waals surface area (Å²) in [7, 11) is 0. The predicted molar refractivity (Wildman–Crippen MR) is 55.8 cm³/mol. The van der Waals surface area contributed by atoms with Gasteiger partial charge >= 0.3 is 0 Å². The van der Waals surface area contributed by atoms with Crippen molar-refractivity contribution >= 4 is 0 Å². The highest BCUT2D eigenvalue weighted by Crippen LogP contribution is 2.39. The van der Waals surface area contributed by atoms with Crippen LogP contribution in [-0.4, -0.2) is 48.2 Å². The second-order valence-corrected chi connectivity index (χ2v) is 4.73. The zero-order valence-electron chi connectivity index (χ0n) is 10.2. The Hall–Kier alpha value is -0.200. The van der Waals surface area contributed by atoms with Crippen molar-refractivity contribution in [3.63, 3.8) is 0 Å². The first-order valence-electron chi connectivity index (χ1n) is 5.75. The molecule has 0 unspecified atom stereocenters. The van der Waals surface area contributed by atoms with Crippen LogP contribution in [0.3, 0.4) is 0 Å². The molecule has 0 aromatic heterocycles. The van der Waals surface area contributed by atoms with E-state index in [-0.39, 0.29) is 18.3 Å². The van der Waals surface area contributed by atoms with Gasteiger partial charge in [-0.25, -0.2) is 0 Å². The molecule has 0 aromatic rings. The molecule has 0 aliphatic carbocycles. The molecule has 5 atom stereocenters. The lowest BCUT2D eigenvalue weighted by atomic mass is 10.1. The number of hydrogen-bond donors (Lipinski definition) is 1. The molecule has 16 heavy (non-hydrogen) atoms. The Labute approximate surface area is 95.6 Å². The number of aliphatic hydroxyl groups excluding tert-OH is 1. The second kappa shape index (κ2) is 4.23. The smallest absolute Gasteiger partial charge is 0.187 e. The first-order chi connectivity index (χ1) is 7.44. The minimum atomic E-state index is -0.637. The Bertz CT molecular complexity index is 253. The summed E-state index contributed by atoms with van der Waals surface area (Å²) in [6, 6.07) is 0. The molecule has 0 amide bonds. The molecule has 2 aliphatic heterocycles. The van der Waals surface area contributed by atoms with Crippen molar-refractivity contribution in [1.82, 2.24) is 0 Å². The summed E-state index contributed by atoms with van der Waals surface area (Å²) in [6.07, 6.45) is -1.95. The van der Waals surface area contributed by atoms with Gasteiger partial charge in [-0.3, -0.25) is 0 Å². The van der Waals surface area contributed by atoms with E-state index in [1.807, 2.05) is 20.8 Å². The van der Waals surface area contributed by atoms with E-state index in [0.717, 1.165) is 0 Å². The van der Waals surface area contributed by atoms with Crippen LogP contribution >= 0.6 is 0 Å². The van der Waals surface area contributed by atoms with Gasteiger partial charge in [0, 0.05) is 6.61 Å². The monoisotopic (exact) mass is 232 g/mol. The summed E-state index contributed by atoms with van der Waals surface area (Å²) >= 11 is 0. The third-order valence-corrected chi connectivity index (χ3v) is 2.85. The third kappa shape index (κ3) is 2.10. The molecule has 0 aromatic carbocycles. The van der Waals surface area contributed by atoms with Gasteiger partial charge in [0.25, 0.3) is 0 Å². The SMILES string of the molecule is CCO[C@@H]1O[C@H]([C@H](C)O)[C@H]2OC(C)(C)O[C@@H]12. The molecule has 5 heteroatoms. The largest absolute Gasteiger partial charge is 0.391 e. The summed E-state index contributed by atoms with van der Waals surface area (Å²) < 4.78 is 22.5. The highest BCUT2D eigenvalue weighted by molar-refractivity contribution is 4.96. The molecular weight excluding hydrogens is 212 g/mol. The van der Waals surface area contributed by atoms with E-state index >= 15 is 0 Å². The lowest BCUT2D eigenvalue weighted by Crippen LogP contribution is -2.36. The Morgan fingerprint density at radius 3 is 2.50 bits per heavy atom. The molecule has 2 heterocycles. The quantitative estimate of drug-likeness (QED) is 0.774. The summed E-state index contributed by atoms with van der Waals surface area (Å²) in [5.41, 5.74) is 0. The lowest BCUT2D eigenvalue weighted by molar-refractivity contribution is -0.240. The van der Waals surface area contributed by atoms with Gasteiger partial charge in [-0.05, 0) is 27.7 Å². The van der Waals surface area contributed by atoms with Crippen LogP contribution in [0.25, 0.3) is 0 Å². The van der Waals surface area contributed by atoms with Crippen molar-refractivity contribution in [2.24, 2.45) is 0 Å². The van der Waals surface area contributed by atoms with Crippen molar-refractivity contribution in [2.75, 3.05) is 6.61 Å². The summed E-state index contributed by atoms with van der Waals surface area (Å²) in [5.74, 6) is -0.637. The summed E-state index contributed by atoms with van der Waals surface area (Å²) in [4.78, 5) is 0. The van der Waals surface area contributed by atoms with Gasteiger partial charge in [0.05, 0.1) is 6.10 Å². The van der Waals surface area contributed by atoms with Crippen LogP contribution in [0.15, 0.2) is 0 Å². The maximum Gasteiger partial charge on any atom is 0.187 e. The highest BCUT2D eigenvalue weighted by Gasteiger charge is 2.56. The van der Waals surface area contributed by atoms with Gasteiger partial charge in [-0.2, -0.15) is 0 Å². The molecule has 2 fully saturated rings. The van der Waals surface area contributed by atoms with Crippen LogP contribution in [-0.2, 0) is 18.9 Å². The second-order valence-electron chi connectivity index (χ2n) is 4.73. The summed E-state index contributed by atoms with van der Waals surface area (Å²) in [5, 5.41) is 9.64. The molecule has 0 spiro atoms. The average molecular weight is 232 g/mol. The highest BCUT2D eigenvalue weighted by atomic mass is 16.8. The van der Waals surface area contributed by atoms with Gasteiger partial charge in [-0.15, -0.1) is 0 Å². The normalized spacial score (nSPS) is 43.3. The average Bonchev–Trinajstić information content (AvgIpc) is 2.61. The van der Waals surface area contributed by atoms with E-state index in [0.29, 0.717) is 6.61 Å². The predicted octanol–water partition coefficient (Wildman–Crippen LogP) is 0.649. The van der Waals surface area contributed by atoms with Gasteiger partial charge in [-0.1, -0.05) is 0 Å². The maximum absolute atomic E-state index is 9.64. The van der Waals surface area contributed by atoms with Crippen LogP contribution in [0.5, 0.6) is 0 Å². The molecule has 0 saturated carbocycles. The first-order valence-corrected chi connectivity index (χ1v) is 5.75. The molecule has 0 bridgehead atoms. The molecule has 94 valence electrons. The number of aliphatic hydroxyl groups is 1. The third-order valence-electron chi connectivity index (χ3n) is 2.85. The maximum atomic E-state index is 9.64. The Kier molecular flexibility index (Phi) is 3.25. The number of rotatable bonds is 3. The molecule has 5 nitrogen and oxygen atoms in total. The van der Waals surface area contributed by atoms with Crippen molar-refractivity contribution in [1.29, 1.82) is 0 Å². The fourth-order valence-corrected chi connectivity index (χ4v) is 2.28. The summed E-state index contributed by atoms with van der Waals surface area (Å²) in [6.45, 7) is 7.84. The van der Waals surface area contributed by atoms with Gasteiger partial charge < -0.3 is 24.1 Å². The van der Waals surface area contributed by atoms with Crippen molar-refractivity contribution in [2.45, 2.75) is 64.2 Å². The lowest BCUT2D eigenvalue weighted by Gasteiger charge is -2.24. The van der Waals surface area contributed by atoms with Crippen molar-refractivity contribution < 1.29 is 24.1 Å². The Balaban J connectivity index is 2.12. The Morgan fingerprint density at radius 1 is 1.31 bits per heavy atom. The van der Waals surface area contributed by atoms with Crippen LogP contribution < -0.4 is 0 Å². The minimum Gasteiger partial charge on any atom is -0.391 e. The molecule has 2 aliphatic rings. The molecule has 1 N–H and O–H groups in total. The fourth-order valence-electron chi connectivity index (χ4n) is 2.28. The van der Waals surface area contributed by atoms with Gasteiger partial charge in [0.15, 0.2) is 12.1 Å². The van der Waals surface area contributed by atoms with Crippen LogP contribution in [0.2, 0.25) is 0 Å². The van der Waals surface area contributed by atoms with E-state index in [1.54, 1.807) is 6.92 Å². The molecule has 2 saturated heterocycles. The van der Waals surface area contributed by atoms with E-state index in [9.17, 15) is 5.11 Å². The van der Waals surface area contributed by atoms with Crippen LogP contribution in [0.4, 0.5) is 0 Å².